The van der Waals surface area contributed by atoms with Crippen molar-refractivity contribution in [2.75, 3.05) is 16.4 Å². The average Bonchev–Trinajstić information content (AvgIpc) is 3.16. The maximum atomic E-state index is 12.2. The first kappa shape index (κ1) is 18.6. The Hall–Kier alpha value is -3.20. The molecule has 0 saturated carbocycles. The first-order valence-electron chi connectivity index (χ1n) is 8.32. The highest BCUT2D eigenvalue weighted by Crippen LogP contribution is 2.19. The van der Waals surface area contributed by atoms with Crippen molar-refractivity contribution in [2.24, 2.45) is 0 Å². The van der Waals surface area contributed by atoms with E-state index in [9.17, 15) is 9.59 Å². The number of thioether (sulfide) groups is 1. The average molecular weight is 382 g/mol. The molecule has 0 radical (unpaired) electrons. The molecule has 8 nitrogen and oxygen atoms in total. The third-order valence-corrected chi connectivity index (χ3v) is 4.44. The predicted octanol–water partition coefficient (Wildman–Crippen LogP) is 2.74. The van der Waals surface area contributed by atoms with Crippen LogP contribution in [0.5, 0.6) is 0 Å². The summed E-state index contributed by atoms with van der Waals surface area (Å²) in [4.78, 5) is 23.7. The fourth-order valence-corrected chi connectivity index (χ4v) is 2.94. The lowest BCUT2D eigenvalue weighted by Gasteiger charge is -2.08. The van der Waals surface area contributed by atoms with Crippen LogP contribution in [0.25, 0.3) is 5.69 Å². The van der Waals surface area contributed by atoms with Gasteiger partial charge in [-0.05, 0) is 40.8 Å². The van der Waals surface area contributed by atoms with Crippen molar-refractivity contribution in [1.82, 2.24) is 20.2 Å². The molecule has 2 amide bonds. The molecule has 0 aliphatic rings. The van der Waals surface area contributed by atoms with Crippen LogP contribution in [-0.2, 0) is 9.59 Å². The Labute approximate surface area is 160 Å². The number of para-hydroxylation sites is 1. The van der Waals surface area contributed by atoms with Crippen LogP contribution in [0.3, 0.4) is 0 Å². The van der Waals surface area contributed by atoms with Crippen LogP contribution < -0.4 is 10.6 Å². The number of benzene rings is 2. The zero-order chi connectivity index (χ0) is 19.1. The van der Waals surface area contributed by atoms with Gasteiger partial charge < -0.3 is 10.6 Å². The first-order valence-corrected chi connectivity index (χ1v) is 9.30. The number of hydrogen-bond acceptors (Lipinski definition) is 6. The molecule has 1 heterocycles. The second-order valence-corrected chi connectivity index (χ2v) is 6.47. The van der Waals surface area contributed by atoms with E-state index < -0.39 is 0 Å². The maximum absolute atomic E-state index is 12.2. The Balaban J connectivity index is 1.59. The summed E-state index contributed by atoms with van der Waals surface area (Å²) in [6.45, 7) is 1.78. The van der Waals surface area contributed by atoms with E-state index in [-0.39, 0.29) is 17.6 Å². The van der Waals surface area contributed by atoms with Gasteiger partial charge in [-0.3, -0.25) is 9.59 Å². The molecule has 2 aromatic carbocycles. The highest BCUT2D eigenvalue weighted by atomic mass is 32.2. The van der Waals surface area contributed by atoms with E-state index >= 15 is 0 Å². The van der Waals surface area contributed by atoms with Crippen molar-refractivity contribution in [3.8, 4) is 5.69 Å². The number of tetrazole rings is 1. The second-order valence-electron chi connectivity index (χ2n) is 5.53. The zero-order valence-corrected chi connectivity index (χ0v) is 15.4. The lowest BCUT2D eigenvalue weighted by molar-refractivity contribution is -0.116. The predicted molar refractivity (Wildman–Crippen MR) is 104 cm³/mol. The molecule has 0 unspecified atom stereocenters. The number of hydrogen-bond donors (Lipinski definition) is 2. The molecular formula is C18H18N6O2S. The highest BCUT2D eigenvalue weighted by Gasteiger charge is 2.12. The minimum absolute atomic E-state index is 0.0817. The molecule has 0 aliphatic carbocycles. The maximum Gasteiger partial charge on any atom is 0.234 e. The largest absolute Gasteiger partial charge is 0.326 e. The van der Waals surface area contributed by atoms with Gasteiger partial charge >= 0.3 is 0 Å². The standard InChI is InChI=1S/C18H18N6O2S/c1-2-16(25)19-13-7-6-8-14(11-13)20-17(26)12-27-18-21-22-23-24(18)15-9-4-3-5-10-15/h3-11H,2,12H2,1H3,(H,19,25)(H,20,26). The van der Waals surface area contributed by atoms with Gasteiger partial charge in [0, 0.05) is 17.8 Å². The Morgan fingerprint density at radius 3 is 2.41 bits per heavy atom. The molecule has 3 aromatic rings. The lowest BCUT2D eigenvalue weighted by atomic mass is 10.2. The number of anilines is 2. The van der Waals surface area contributed by atoms with Gasteiger partial charge in [-0.1, -0.05) is 43.0 Å². The second kappa shape index (κ2) is 8.95. The van der Waals surface area contributed by atoms with Crippen molar-refractivity contribution in [1.29, 1.82) is 0 Å². The van der Waals surface area contributed by atoms with Gasteiger partial charge in [0.1, 0.15) is 0 Å². The third-order valence-electron chi connectivity index (χ3n) is 3.53. The van der Waals surface area contributed by atoms with Gasteiger partial charge in [0.05, 0.1) is 11.4 Å². The number of aromatic nitrogens is 4. The minimum atomic E-state index is -0.193. The highest BCUT2D eigenvalue weighted by molar-refractivity contribution is 7.99. The van der Waals surface area contributed by atoms with E-state index in [2.05, 4.69) is 26.2 Å². The Morgan fingerprint density at radius 1 is 1.00 bits per heavy atom. The number of nitrogens with zero attached hydrogens (tertiary/aromatic N) is 4. The van der Waals surface area contributed by atoms with E-state index in [0.717, 1.165) is 5.69 Å². The summed E-state index contributed by atoms with van der Waals surface area (Å²) in [5.74, 6) is -0.123. The molecule has 0 bridgehead atoms. The zero-order valence-electron chi connectivity index (χ0n) is 14.6. The van der Waals surface area contributed by atoms with Gasteiger partial charge in [-0.15, -0.1) is 5.10 Å². The van der Waals surface area contributed by atoms with Gasteiger partial charge in [-0.25, -0.2) is 0 Å². The molecule has 9 heteroatoms. The van der Waals surface area contributed by atoms with Crippen LogP contribution in [0.1, 0.15) is 13.3 Å². The summed E-state index contributed by atoms with van der Waals surface area (Å²) in [5.41, 5.74) is 2.07. The summed E-state index contributed by atoms with van der Waals surface area (Å²) in [7, 11) is 0. The topological polar surface area (TPSA) is 102 Å². The molecule has 0 saturated heterocycles. The van der Waals surface area contributed by atoms with Gasteiger partial charge in [0.15, 0.2) is 0 Å². The molecule has 138 valence electrons. The molecule has 0 atom stereocenters. The van der Waals surface area contributed by atoms with E-state index in [4.69, 9.17) is 0 Å². The number of nitrogens with one attached hydrogen (secondary N) is 2. The SMILES string of the molecule is CCC(=O)Nc1cccc(NC(=O)CSc2nnnn2-c2ccccc2)c1. The van der Waals surface area contributed by atoms with Crippen LogP contribution in [0.4, 0.5) is 11.4 Å². The Morgan fingerprint density at radius 2 is 1.70 bits per heavy atom. The van der Waals surface area contributed by atoms with Crippen LogP contribution in [-0.4, -0.2) is 37.8 Å². The summed E-state index contributed by atoms with van der Waals surface area (Å²) >= 11 is 1.24. The molecule has 0 aliphatic heterocycles. The summed E-state index contributed by atoms with van der Waals surface area (Å²) in [5, 5.41) is 17.7. The van der Waals surface area contributed by atoms with E-state index in [1.807, 2.05) is 30.3 Å². The van der Waals surface area contributed by atoms with Crippen molar-refractivity contribution in [2.45, 2.75) is 18.5 Å². The van der Waals surface area contributed by atoms with Crippen molar-refractivity contribution in [3.05, 3.63) is 54.6 Å². The molecule has 2 N–H and O–H groups in total. The summed E-state index contributed by atoms with van der Waals surface area (Å²) < 4.78 is 1.58. The molecule has 0 spiro atoms. The Kier molecular flexibility index (Phi) is 6.16. The first-order chi connectivity index (χ1) is 13.2. The monoisotopic (exact) mass is 382 g/mol. The number of rotatable bonds is 7. The normalized spacial score (nSPS) is 10.4. The quantitative estimate of drug-likeness (QED) is 0.609. The Bertz CT molecular complexity index is 928. The van der Waals surface area contributed by atoms with Crippen LogP contribution in [0, 0.1) is 0 Å². The van der Waals surface area contributed by atoms with Gasteiger partial charge in [0.25, 0.3) is 0 Å². The van der Waals surface area contributed by atoms with Crippen LogP contribution in [0.15, 0.2) is 59.8 Å². The molecule has 1 aromatic heterocycles. The number of carbonyl (C=O) groups excluding carboxylic acids is 2. The van der Waals surface area contributed by atoms with Crippen molar-refractivity contribution in [3.63, 3.8) is 0 Å². The fraction of sp³-hybridized carbons (Fsp3) is 0.167. The summed E-state index contributed by atoms with van der Waals surface area (Å²) in [6.07, 6.45) is 0.392. The lowest BCUT2D eigenvalue weighted by Crippen LogP contribution is -2.15. The number of carbonyl (C=O) groups is 2. The number of amides is 2. The smallest absolute Gasteiger partial charge is 0.234 e. The van der Waals surface area contributed by atoms with E-state index in [1.165, 1.54) is 11.8 Å². The van der Waals surface area contributed by atoms with E-state index in [1.54, 1.807) is 35.9 Å². The third kappa shape index (κ3) is 5.14. The van der Waals surface area contributed by atoms with Crippen molar-refractivity contribution >= 4 is 35.0 Å². The molecule has 3 rings (SSSR count). The fourth-order valence-electron chi connectivity index (χ4n) is 2.25. The minimum Gasteiger partial charge on any atom is -0.326 e. The van der Waals surface area contributed by atoms with Crippen LogP contribution in [0.2, 0.25) is 0 Å². The molecular weight excluding hydrogens is 364 g/mol. The van der Waals surface area contributed by atoms with Gasteiger partial charge in [-0.2, -0.15) is 4.68 Å². The summed E-state index contributed by atoms with van der Waals surface area (Å²) in [6, 6.07) is 16.5. The van der Waals surface area contributed by atoms with Crippen molar-refractivity contribution < 1.29 is 9.59 Å². The van der Waals surface area contributed by atoms with Gasteiger partial charge in [0.2, 0.25) is 17.0 Å². The van der Waals surface area contributed by atoms with E-state index in [0.29, 0.717) is 23.0 Å². The molecule has 27 heavy (non-hydrogen) atoms. The molecule has 0 fully saturated rings. The van der Waals surface area contributed by atoms with Crippen LogP contribution >= 0.6 is 11.8 Å².